The minimum absolute atomic E-state index is 0.0211. The Kier molecular flexibility index (Phi) is 5.85. The molecule has 2 aliphatic rings. The Morgan fingerprint density at radius 3 is 2.33 bits per heavy atom. The Labute approximate surface area is 163 Å². The number of hydrogen-bond donors (Lipinski definition) is 0. The average molecular weight is 412 g/mol. The van der Waals surface area contributed by atoms with Crippen molar-refractivity contribution in [3.8, 4) is 0 Å². The molecule has 0 radical (unpaired) electrons. The van der Waals surface area contributed by atoms with Gasteiger partial charge in [0.2, 0.25) is 10.0 Å². The quantitative estimate of drug-likeness (QED) is 0.672. The third kappa shape index (κ3) is 4.30. The maximum absolute atomic E-state index is 13.3. The second-order valence-electron chi connectivity index (χ2n) is 8.07. The van der Waals surface area contributed by atoms with Gasteiger partial charge >= 0.3 is 0 Å². The molecule has 1 saturated carbocycles. The highest BCUT2D eigenvalue weighted by molar-refractivity contribution is 7.92. The predicted octanol–water partition coefficient (Wildman–Crippen LogP) is 3.49. The smallest absolute Gasteiger partial charge is 0.229 e. The molecule has 1 aromatic rings. The number of rotatable bonds is 6. The van der Waals surface area contributed by atoms with E-state index in [9.17, 15) is 16.8 Å². The number of nitrogens with zero attached hydrogens (tertiary/aromatic N) is 1. The van der Waals surface area contributed by atoms with Crippen LogP contribution in [0.15, 0.2) is 41.8 Å². The first-order chi connectivity index (χ1) is 12.7. The molecule has 1 atom stereocenters. The van der Waals surface area contributed by atoms with E-state index >= 15 is 0 Å². The highest BCUT2D eigenvalue weighted by Crippen LogP contribution is 2.36. The fraction of sp³-hybridized carbons (Fsp3) is 0.600. The van der Waals surface area contributed by atoms with Crippen LogP contribution in [0.25, 0.3) is 0 Å². The van der Waals surface area contributed by atoms with Crippen LogP contribution in [-0.2, 0) is 19.9 Å². The molecule has 1 aromatic carbocycles. The van der Waals surface area contributed by atoms with Gasteiger partial charge in [-0.15, -0.1) is 6.58 Å². The third-order valence-corrected chi connectivity index (χ3v) is 9.85. The molecular formula is C20H29NO4S2. The first kappa shape index (κ1) is 20.6. The molecule has 27 heavy (non-hydrogen) atoms. The monoisotopic (exact) mass is 411 g/mol. The van der Waals surface area contributed by atoms with Crippen LogP contribution in [0.2, 0.25) is 0 Å². The van der Waals surface area contributed by atoms with E-state index in [1.54, 1.807) is 19.1 Å². The van der Waals surface area contributed by atoms with Gasteiger partial charge in [0, 0.05) is 12.1 Å². The van der Waals surface area contributed by atoms with Crippen molar-refractivity contribution in [3.05, 3.63) is 42.5 Å². The SMILES string of the molecule is C=CCN([C@@]1(C)CCS(=O)(=O)C1)S(=O)(=O)c1ccc(C2CCCCC2)cc1. The molecule has 150 valence electrons. The summed E-state index contributed by atoms with van der Waals surface area (Å²) in [5.74, 6) is 0.387. The van der Waals surface area contributed by atoms with Gasteiger partial charge in [-0.2, -0.15) is 4.31 Å². The molecule has 1 heterocycles. The van der Waals surface area contributed by atoms with Crippen molar-refractivity contribution in [2.75, 3.05) is 18.1 Å². The number of benzene rings is 1. The zero-order valence-electron chi connectivity index (χ0n) is 15.9. The lowest BCUT2D eigenvalue weighted by Gasteiger charge is -2.35. The van der Waals surface area contributed by atoms with Crippen molar-refractivity contribution in [2.45, 2.75) is 61.8 Å². The Morgan fingerprint density at radius 1 is 1.19 bits per heavy atom. The largest absolute Gasteiger partial charge is 0.243 e. The molecule has 0 N–H and O–H groups in total. The summed E-state index contributed by atoms with van der Waals surface area (Å²) in [5.41, 5.74) is 0.257. The van der Waals surface area contributed by atoms with Crippen LogP contribution >= 0.6 is 0 Å². The third-order valence-electron chi connectivity index (χ3n) is 5.92. The second-order valence-corrected chi connectivity index (χ2v) is 12.1. The zero-order chi connectivity index (χ0) is 19.7. The fourth-order valence-electron chi connectivity index (χ4n) is 4.39. The van der Waals surface area contributed by atoms with E-state index in [2.05, 4.69) is 6.58 Å². The molecule has 0 aromatic heterocycles. The normalized spacial score (nSPS) is 26.3. The molecule has 1 aliphatic heterocycles. The van der Waals surface area contributed by atoms with Gasteiger partial charge in [-0.05, 0) is 49.8 Å². The number of sulfonamides is 1. The highest BCUT2D eigenvalue weighted by Gasteiger charge is 2.47. The van der Waals surface area contributed by atoms with E-state index in [1.807, 2.05) is 12.1 Å². The Balaban J connectivity index is 1.89. The molecule has 0 spiro atoms. The van der Waals surface area contributed by atoms with E-state index in [0.717, 1.165) is 12.8 Å². The van der Waals surface area contributed by atoms with Crippen LogP contribution in [0.3, 0.4) is 0 Å². The van der Waals surface area contributed by atoms with Crippen LogP contribution in [0, 0.1) is 0 Å². The van der Waals surface area contributed by atoms with Crippen molar-refractivity contribution in [1.29, 1.82) is 0 Å². The van der Waals surface area contributed by atoms with Crippen molar-refractivity contribution in [3.63, 3.8) is 0 Å². The maximum Gasteiger partial charge on any atom is 0.243 e. The van der Waals surface area contributed by atoms with Gasteiger partial charge in [0.05, 0.1) is 16.4 Å². The van der Waals surface area contributed by atoms with Gasteiger partial charge in [0.1, 0.15) is 0 Å². The molecule has 7 heteroatoms. The van der Waals surface area contributed by atoms with Gasteiger partial charge < -0.3 is 0 Å². The lowest BCUT2D eigenvalue weighted by atomic mass is 9.84. The topological polar surface area (TPSA) is 71.5 Å². The summed E-state index contributed by atoms with van der Waals surface area (Å²) in [7, 11) is -7.03. The van der Waals surface area contributed by atoms with Crippen molar-refractivity contribution < 1.29 is 16.8 Å². The minimum atomic E-state index is -3.81. The van der Waals surface area contributed by atoms with Crippen LogP contribution in [0.4, 0.5) is 0 Å². The lowest BCUT2D eigenvalue weighted by molar-refractivity contribution is 0.252. The van der Waals surface area contributed by atoms with Crippen LogP contribution in [0.5, 0.6) is 0 Å². The highest BCUT2D eigenvalue weighted by atomic mass is 32.2. The molecule has 0 bridgehead atoms. The van der Waals surface area contributed by atoms with Crippen molar-refractivity contribution in [2.24, 2.45) is 0 Å². The molecule has 3 rings (SSSR count). The Hall–Kier alpha value is -1.18. The molecule has 0 amide bonds. The maximum atomic E-state index is 13.3. The summed E-state index contributed by atoms with van der Waals surface area (Å²) in [5, 5.41) is 0. The van der Waals surface area contributed by atoms with Crippen molar-refractivity contribution in [1.82, 2.24) is 4.31 Å². The Morgan fingerprint density at radius 2 is 1.81 bits per heavy atom. The molecule has 1 saturated heterocycles. The van der Waals surface area contributed by atoms with Crippen LogP contribution in [0.1, 0.15) is 56.9 Å². The second kappa shape index (κ2) is 7.68. The van der Waals surface area contributed by atoms with Gasteiger partial charge in [0.25, 0.3) is 0 Å². The predicted molar refractivity (Wildman–Crippen MR) is 108 cm³/mol. The standard InChI is InChI=1S/C20H29NO4S2/c1-3-14-21(20(2)13-15-26(22,23)16-20)27(24,25)19-11-9-18(10-12-19)17-7-5-4-6-8-17/h3,9-12,17H,1,4-8,13-16H2,2H3/t20-/m0/s1. The van der Waals surface area contributed by atoms with Gasteiger partial charge in [-0.25, -0.2) is 16.8 Å². The van der Waals surface area contributed by atoms with E-state index in [1.165, 1.54) is 35.2 Å². The summed E-state index contributed by atoms with van der Waals surface area (Å²) in [4.78, 5) is 0.217. The molecular weight excluding hydrogens is 382 g/mol. The number of sulfone groups is 1. The summed E-state index contributed by atoms with van der Waals surface area (Å²) < 4.78 is 51.9. The van der Waals surface area contributed by atoms with Crippen LogP contribution < -0.4 is 0 Å². The first-order valence-electron chi connectivity index (χ1n) is 9.62. The van der Waals surface area contributed by atoms with Gasteiger partial charge in [-0.3, -0.25) is 0 Å². The van der Waals surface area contributed by atoms with E-state index < -0.39 is 25.4 Å². The lowest BCUT2D eigenvalue weighted by Crippen LogP contribution is -2.50. The number of hydrogen-bond acceptors (Lipinski definition) is 4. The van der Waals surface area contributed by atoms with E-state index in [0.29, 0.717) is 12.3 Å². The first-order valence-corrected chi connectivity index (χ1v) is 12.9. The fourth-order valence-corrected chi connectivity index (χ4v) is 8.39. The average Bonchev–Trinajstić information content (AvgIpc) is 2.94. The summed E-state index contributed by atoms with van der Waals surface area (Å²) >= 11 is 0. The van der Waals surface area contributed by atoms with E-state index in [4.69, 9.17) is 0 Å². The minimum Gasteiger partial charge on any atom is -0.229 e. The van der Waals surface area contributed by atoms with Crippen LogP contribution in [-0.4, -0.2) is 44.7 Å². The molecule has 5 nitrogen and oxygen atoms in total. The Bertz CT molecular complexity index is 884. The summed E-state index contributed by atoms with van der Waals surface area (Å²) in [6.45, 7) is 5.48. The molecule has 0 unspecified atom stereocenters. The molecule has 1 aliphatic carbocycles. The van der Waals surface area contributed by atoms with E-state index in [-0.39, 0.29) is 22.9 Å². The summed E-state index contributed by atoms with van der Waals surface area (Å²) in [6.07, 6.45) is 7.87. The van der Waals surface area contributed by atoms with Crippen molar-refractivity contribution >= 4 is 19.9 Å². The zero-order valence-corrected chi connectivity index (χ0v) is 17.6. The summed E-state index contributed by atoms with van der Waals surface area (Å²) in [6, 6.07) is 7.18. The van der Waals surface area contributed by atoms with Gasteiger partial charge in [0.15, 0.2) is 9.84 Å². The van der Waals surface area contributed by atoms with Gasteiger partial charge in [-0.1, -0.05) is 37.5 Å². The molecule has 2 fully saturated rings.